The molecule has 0 aliphatic heterocycles. The fraction of sp³-hybridized carbons (Fsp3) is 0.610. The van der Waals surface area contributed by atoms with Crippen LogP contribution in [0.1, 0.15) is 213 Å². The molecule has 6 nitrogen and oxygen atoms in total. The lowest BCUT2D eigenvalue weighted by molar-refractivity contribution is -0.166. The van der Waals surface area contributed by atoms with E-state index in [1.807, 2.05) is 54.7 Å². The molecule has 65 heavy (non-hydrogen) atoms. The van der Waals surface area contributed by atoms with E-state index in [0.29, 0.717) is 19.3 Å². The molecule has 0 aliphatic carbocycles. The molecule has 6 heteroatoms. The van der Waals surface area contributed by atoms with Crippen molar-refractivity contribution >= 4 is 17.9 Å². The fourth-order valence-corrected chi connectivity index (χ4v) is 6.71. The van der Waals surface area contributed by atoms with Crippen LogP contribution in [0.2, 0.25) is 0 Å². The Bertz CT molecular complexity index is 1400. The van der Waals surface area contributed by atoms with Crippen molar-refractivity contribution in [1.29, 1.82) is 0 Å². The van der Waals surface area contributed by atoms with Gasteiger partial charge in [-0.3, -0.25) is 14.4 Å². The number of carbonyl (C=O) groups excluding carboxylic acids is 3. The Hall–Kier alpha value is -4.19. The molecule has 366 valence electrons. The standard InChI is InChI=1S/C59H94O6/c1-4-7-10-13-16-19-22-25-27-28-29-30-32-34-37-40-43-46-49-52-58(61)64-55-56(54-63-57(60)51-48-45-42-39-36-33-24-21-18-15-12-9-6-3)65-59(62)53-50-47-44-41-38-35-31-26-23-20-17-14-11-8-5-2/h7-8,10-11,14,16-17,19-20,23,25-27,31,33,35-36,38,42,45,56H,4-6,9,12-13,15,18,21-22,24,28-30,32,34,37,39-41,43-44,46-55H2,1-3H3/b10-7+,11-8+,17-14+,19-16+,23-20+,27-25+,31-26+,36-33+,38-35+,45-42+. The first-order valence-electron chi connectivity index (χ1n) is 26.1. The minimum absolute atomic E-state index is 0.119. The molecule has 0 aromatic heterocycles. The van der Waals surface area contributed by atoms with E-state index in [1.165, 1.54) is 77.0 Å². The van der Waals surface area contributed by atoms with Crippen LogP contribution in [0.5, 0.6) is 0 Å². The first-order chi connectivity index (χ1) is 32.0. The second-order valence-corrected chi connectivity index (χ2v) is 16.8. The molecule has 0 aliphatic rings. The van der Waals surface area contributed by atoms with E-state index in [0.717, 1.165) is 83.5 Å². The predicted molar refractivity (Wildman–Crippen MR) is 279 cm³/mol. The van der Waals surface area contributed by atoms with Crippen LogP contribution in [0.4, 0.5) is 0 Å². The lowest BCUT2D eigenvalue weighted by Gasteiger charge is -2.18. The summed E-state index contributed by atoms with van der Waals surface area (Å²) in [6, 6.07) is 0. The molecule has 0 heterocycles. The highest BCUT2D eigenvalue weighted by Gasteiger charge is 2.19. The van der Waals surface area contributed by atoms with Gasteiger partial charge in [0.05, 0.1) is 0 Å². The normalized spacial score (nSPS) is 13.1. The molecule has 0 N–H and O–H groups in total. The first kappa shape index (κ1) is 60.8. The molecule has 1 unspecified atom stereocenters. The average Bonchev–Trinajstić information content (AvgIpc) is 3.30. The van der Waals surface area contributed by atoms with Crippen molar-refractivity contribution in [3.05, 3.63) is 122 Å². The lowest BCUT2D eigenvalue weighted by Crippen LogP contribution is -2.30. The van der Waals surface area contributed by atoms with E-state index in [4.69, 9.17) is 14.2 Å². The van der Waals surface area contributed by atoms with Gasteiger partial charge in [0, 0.05) is 19.3 Å². The number of esters is 3. The second-order valence-electron chi connectivity index (χ2n) is 16.8. The van der Waals surface area contributed by atoms with E-state index in [-0.39, 0.29) is 44.0 Å². The van der Waals surface area contributed by atoms with Crippen molar-refractivity contribution in [2.45, 2.75) is 219 Å². The first-order valence-corrected chi connectivity index (χ1v) is 26.1. The number of carbonyl (C=O) groups is 3. The minimum atomic E-state index is -0.828. The van der Waals surface area contributed by atoms with Crippen LogP contribution in [-0.2, 0) is 28.6 Å². The third-order valence-corrected chi connectivity index (χ3v) is 10.6. The van der Waals surface area contributed by atoms with Crippen molar-refractivity contribution in [1.82, 2.24) is 0 Å². The van der Waals surface area contributed by atoms with Gasteiger partial charge in [0.1, 0.15) is 13.2 Å². The summed E-state index contributed by atoms with van der Waals surface area (Å²) in [7, 11) is 0. The van der Waals surface area contributed by atoms with E-state index >= 15 is 0 Å². The Labute approximate surface area is 399 Å². The Morgan fingerprint density at radius 1 is 0.338 bits per heavy atom. The van der Waals surface area contributed by atoms with Crippen LogP contribution in [-0.4, -0.2) is 37.2 Å². The zero-order chi connectivity index (χ0) is 47.2. The summed E-state index contributed by atoms with van der Waals surface area (Å²) in [5.41, 5.74) is 0. The van der Waals surface area contributed by atoms with Crippen molar-refractivity contribution < 1.29 is 28.6 Å². The second kappa shape index (κ2) is 52.4. The molecule has 0 fully saturated rings. The molecular formula is C59H94O6. The maximum Gasteiger partial charge on any atom is 0.306 e. The third kappa shape index (κ3) is 50.7. The number of unbranched alkanes of at least 4 members (excludes halogenated alkanes) is 18. The molecule has 0 saturated carbocycles. The number of hydrogen-bond donors (Lipinski definition) is 0. The maximum absolute atomic E-state index is 12.8. The summed E-state index contributed by atoms with van der Waals surface area (Å²) < 4.78 is 16.7. The van der Waals surface area contributed by atoms with Crippen LogP contribution in [0, 0.1) is 0 Å². The zero-order valence-corrected chi connectivity index (χ0v) is 41.7. The van der Waals surface area contributed by atoms with E-state index in [2.05, 4.69) is 87.6 Å². The van der Waals surface area contributed by atoms with Crippen molar-refractivity contribution in [3.8, 4) is 0 Å². The molecule has 0 saturated heterocycles. The minimum Gasteiger partial charge on any atom is -0.462 e. The fourth-order valence-electron chi connectivity index (χ4n) is 6.71. The summed E-state index contributed by atoms with van der Waals surface area (Å²) in [5.74, 6) is -1.04. The average molecular weight is 899 g/mol. The van der Waals surface area contributed by atoms with Gasteiger partial charge in [-0.2, -0.15) is 0 Å². The van der Waals surface area contributed by atoms with E-state index < -0.39 is 6.10 Å². The van der Waals surface area contributed by atoms with Gasteiger partial charge in [0.15, 0.2) is 6.10 Å². The monoisotopic (exact) mass is 899 g/mol. The lowest BCUT2D eigenvalue weighted by atomic mass is 10.1. The topological polar surface area (TPSA) is 78.9 Å². The molecule has 0 spiro atoms. The Morgan fingerprint density at radius 3 is 1.23 bits per heavy atom. The molecular weight excluding hydrogens is 805 g/mol. The summed E-state index contributed by atoms with van der Waals surface area (Å²) in [5, 5.41) is 0. The van der Waals surface area contributed by atoms with Gasteiger partial charge < -0.3 is 14.2 Å². The Balaban J connectivity index is 4.51. The summed E-state index contributed by atoms with van der Waals surface area (Å²) in [6.07, 6.45) is 71.9. The van der Waals surface area contributed by atoms with Crippen LogP contribution in [0.25, 0.3) is 0 Å². The highest BCUT2D eigenvalue weighted by atomic mass is 16.6. The highest BCUT2D eigenvalue weighted by molar-refractivity contribution is 5.71. The van der Waals surface area contributed by atoms with Crippen LogP contribution in [0.3, 0.4) is 0 Å². The Morgan fingerprint density at radius 2 is 0.708 bits per heavy atom. The third-order valence-electron chi connectivity index (χ3n) is 10.6. The van der Waals surface area contributed by atoms with Gasteiger partial charge in [-0.25, -0.2) is 0 Å². The van der Waals surface area contributed by atoms with Crippen molar-refractivity contribution in [2.24, 2.45) is 0 Å². The molecule has 1 atom stereocenters. The van der Waals surface area contributed by atoms with Gasteiger partial charge in [0.2, 0.25) is 0 Å². The summed E-state index contributed by atoms with van der Waals surface area (Å²) in [4.78, 5) is 38.0. The number of rotatable bonds is 45. The van der Waals surface area contributed by atoms with E-state index in [9.17, 15) is 14.4 Å². The predicted octanol–water partition coefficient (Wildman–Crippen LogP) is 17.3. The molecule has 0 rings (SSSR count). The van der Waals surface area contributed by atoms with Crippen molar-refractivity contribution in [2.75, 3.05) is 13.2 Å². The van der Waals surface area contributed by atoms with Crippen LogP contribution in [0.15, 0.2) is 122 Å². The van der Waals surface area contributed by atoms with E-state index in [1.54, 1.807) is 0 Å². The van der Waals surface area contributed by atoms with Crippen molar-refractivity contribution in [3.63, 3.8) is 0 Å². The number of ether oxygens (including phenoxy) is 3. The maximum atomic E-state index is 12.8. The largest absolute Gasteiger partial charge is 0.462 e. The van der Waals surface area contributed by atoms with Gasteiger partial charge in [-0.1, -0.05) is 226 Å². The zero-order valence-electron chi connectivity index (χ0n) is 41.7. The van der Waals surface area contributed by atoms with Crippen LogP contribution < -0.4 is 0 Å². The van der Waals surface area contributed by atoms with Gasteiger partial charge in [-0.05, 0) is 89.9 Å². The molecule has 0 amide bonds. The van der Waals surface area contributed by atoms with Gasteiger partial charge >= 0.3 is 17.9 Å². The molecule has 0 bridgehead atoms. The summed E-state index contributed by atoms with van der Waals surface area (Å²) >= 11 is 0. The Kier molecular flexibility index (Phi) is 49.1. The molecule has 0 radical (unpaired) electrons. The smallest absolute Gasteiger partial charge is 0.306 e. The SMILES string of the molecule is CC/C=C/C=C/C=C/C=C/C=C/CCCCCC(=O)OC(COC(=O)CC/C=C/C/C=C/CCCCCCCC)COC(=O)CCCCCCCCCCC/C=C/C/C=C/C/C=C/CC. The molecule has 0 aromatic carbocycles. The van der Waals surface area contributed by atoms with Crippen LogP contribution >= 0.6 is 0 Å². The summed E-state index contributed by atoms with van der Waals surface area (Å²) in [6.45, 7) is 6.27. The number of hydrogen-bond acceptors (Lipinski definition) is 6. The molecule has 0 aromatic rings. The quantitative estimate of drug-likeness (QED) is 0.0199. The number of allylic oxidation sites excluding steroid dienone is 20. The van der Waals surface area contributed by atoms with Gasteiger partial charge in [-0.15, -0.1) is 0 Å². The highest BCUT2D eigenvalue weighted by Crippen LogP contribution is 2.13. The van der Waals surface area contributed by atoms with Gasteiger partial charge in [0.25, 0.3) is 0 Å².